The van der Waals surface area contributed by atoms with Gasteiger partial charge in [-0.1, -0.05) is 0 Å². The fraction of sp³-hybridized carbons (Fsp3) is 0.200. The number of pyridine rings is 1. The topological polar surface area (TPSA) is 62.7 Å². The summed E-state index contributed by atoms with van der Waals surface area (Å²) in [6.07, 6.45) is 3.46. The molecule has 0 aliphatic carbocycles. The molecule has 0 saturated heterocycles. The van der Waals surface area contributed by atoms with Gasteiger partial charge < -0.3 is 14.7 Å². The van der Waals surface area contributed by atoms with Crippen molar-refractivity contribution in [2.24, 2.45) is 0 Å². The number of aromatic nitrogens is 1. The molecule has 1 heterocycles. The summed E-state index contributed by atoms with van der Waals surface area (Å²) in [6, 6.07) is 8.66. The Balaban J connectivity index is 2.30. The van der Waals surface area contributed by atoms with Crippen molar-refractivity contribution in [2.75, 3.05) is 19.1 Å². The molecule has 0 spiro atoms. The van der Waals surface area contributed by atoms with Crippen LogP contribution in [0.5, 0.6) is 5.75 Å². The van der Waals surface area contributed by atoms with Crippen LogP contribution in [0.4, 0.5) is 5.69 Å². The second-order valence-electron chi connectivity index (χ2n) is 4.40. The Morgan fingerprint density at radius 2 is 2.00 bits per heavy atom. The van der Waals surface area contributed by atoms with Crippen molar-refractivity contribution >= 4 is 11.7 Å². The quantitative estimate of drug-likeness (QED) is 0.905. The molecule has 20 heavy (non-hydrogen) atoms. The lowest BCUT2D eigenvalue weighted by Crippen LogP contribution is -2.17. The third-order valence-corrected chi connectivity index (χ3v) is 3.01. The van der Waals surface area contributed by atoms with Crippen LogP contribution in [0, 0.1) is 0 Å². The predicted octanol–water partition coefficient (Wildman–Crippen LogP) is 2.42. The molecule has 5 nitrogen and oxygen atoms in total. The maximum absolute atomic E-state index is 11.1. The number of methoxy groups -OCH3 is 1. The SMILES string of the molecule is COc1ccc(C(=O)O)cc1N(C)Cc1ccncc1. The maximum atomic E-state index is 11.1. The van der Waals surface area contributed by atoms with Crippen LogP contribution in [-0.4, -0.2) is 30.2 Å². The van der Waals surface area contributed by atoms with Gasteiger partial charge >= 0.3 is 5.97 Å². The van der Waals surface area contributed by atoms with Crippen molar-refractivity contribution in [2.45, 2.75) is 6.54 Å². The summed E-state index contributed by atoms with van der Waals surface area (Å²) in [5.74, 6) is -0.308. The van der Waals surface area contributed by atoms with Gasteiger partial charge in [-0.25, -0.2) is 4.79 Å². The minimum absolute atomic E-state index is 0.238. The first-order chi connectivity index (χ1) is 9.61. The fourth-order valence-corrected chi connectivity index (χ4v) is 1.97. The van der Waals surface area contributed by atoms with E-state index in [4.69, 9.17) is 9.84 Å². The van der Waals surface area contributed by atoms with Gasteiger partial charge in [0.25, 0.3) is 0 Å². The standard InChI is InChI=1S/C15H16N2O3/c1-17(10-11-5-7-16-8-6-11)13-9-12(15(18)19)3-4-14(13)20-2/h3-9H,10H2,1-2H3,(H,18,19). The highest BCUT2D eigenvalue weighted by Gasteiger charge is 2.12. The highest BCUT2D eigenvalue weighted by molar-refractivity contribution is 5.89. The first kappa shape index (κ1) is 13.9. The van der Waals surface area contributed by atoms with Crippen LogP contribution in [-0.2, 0) is 6.54 Å². The fourth-order valence-electron chi connectivity index (χ4n) is 1.97. The van der Waals surface area contributed by atoms with E-state index in [1.165, 1.54) is 6.07 Å². The number of benzene rings is 1. The minimum atomic E-state index is -0.953. The molecule has 2 aromatic rings. The van der Waals surface area contributed by atoms with Crippen molar-refractivity contribution in [3.05, 3.63) is 53.9 Å². The Morgan fingerprint density at radius 3 is 2.60 bits per heavy atom. The van der Waals surface area contributed by atoms with Gasteiger partial charge in [0.05, 0.1) is 18.4 Å². The van der Waals surface area contributed by atoms with E-state index < -0.39 is 5.97 Å². The van der Waals surface area contributed by atoms with Crippen molar-refractivity contribution in [1.29, 1.82) is 0 Å². The Labute approximate surface area is 117 Å². The summed E-state index contributed by atoms with van der Waals surface area (Å²) < 4.78 is 5.29. The Bertz CT molecular complexity index is 599. The molecule has 0 atom stereocenters. The van der Waals surface area contributed by atoms with Crippen LogP contribution in [0.2, 0.25) is 0 Å². The zero-order valence-corrected chi connectivity index (χ0v) is 11.4. The van der Waals surface area contributed by atoms with E-state index in [0.717, 1.165) is 11.3 Å². The zero-order chi connectivity index (χ0) is 14.5. The van der Waals surface area contributed by atoms with Crippen LogP contribution in [0.25, 0.3) is 0 Å². The van der Waals surface area contributed by atoms with Crippen molar-refractivity contribution in [1.82, 2.24) is 4.98 Å². The molecule has 0 fully saturated rings. The van der Waals surface area contributed by atoms with Crippen molar-refractivity contribution < 1.29 is 14.6 Å². The third kappa shape index (κ3) is 3.06. The normalized spacial score (nSPS) is 10.1. The van der Waals surface area contributed by atoms with Crippen molar-refractivity contribution in [3.8, 4) is 5.75 Å². The lowest BCUT2D eigenvalue weighted by atomic mass is 10.1. The van der Waals surface area contributed by atoms with Gasteiger partial charge in [-0.05, 0) is 35.9 Å². The number of carboxylic acid groups (broad SMARTS) is 1. The molecule has 0 bridgehead atoms. The lowest BCUT2D eigenvalue weighted by Gasteiger charge is -2.22. The number of hydrogen-bond donors (Lipinski definition) is 1. The van der Waals surface area contributed by atoms with E-state index in [-0.39, 0.29) is 5.56 Å². The Kier molecular flexibility index (Phi) is 4.20. The summed E-state index contributed by atoms with van der Waals surface area (Å²) in [5.41, 5.74) is 2.07. The first-order valence-corrected chi connectivity index (χ1v) is 6.13. The summed E-state index contributed by atoms with van der Waals surface area (Å²) >= 11 is 0. The van der Waals surface area contributed by atoms with Crippen LogP contribution in [0.1, 0.15) is 15.9 Å². The molecular formula is C15H16N2O3. The van der Waals surface area contributed by atoms with Gasteiger partial charge in [-0.2, -0.15) is 0 Å². The minimum Gasteiger partial charge on any atom is -0.495 e. The monoisotopic (exact) mass is 272 g/mol. The van der Waals surface area contributed by atoms with Crippen LogP contribution in [0.15, 0.2) is 42.7 Å². The van der Waals surface area contributed by atoms with E-state index in [1.807, 2.05) is 24.1 Å². The van der Waals surface area contributed by atoms with Crippen LogP contribution in [0.3, 0.4) is 0 Å². The second-order valence-corrected chi connectivity index (χ2v) is 4.40. The molecule has 0 radical (unpaired) electrons. The van der Waals surface area contributed by atoms with Crippen molar-refractivity contribution in [3.63, 3.8) is 0 Å². The number of rotatable bonds is 5. The first-order valence-electron chi connectivity index (χ1n) is 6.13. The molecule has 0 saturated carbocycles. The molecule has 0 aliphatic rings. The van der Waals surface area contributed by atoms with E-state index >= 15 is 0 Å². The summed E-state index contributed by atoms with van der Waals surface area (Å²) in [6.45, 7) is 0.641. The summed E-state index contributed by atoms with van der Waals surface area (Å²) in [7, 11) is 3.46. The molecule has 104 valence electrons. The Hall–Kier alpha value is -2.56. The number of hydrogen-bond acceptors (Lipinski definition) is 4. The van der Waals surface area contributed by atoms with E-state index in [2.05, 4.69) is 4.98 Å². The number of carbonyl (C=O) groups is 1. The number of carboxylic acids is 1. The van der Waals surface area contributed by atoms with Gasteiger partial charge in [-0.15, -0.1) is 0 Å². The smallest absolute Gasteiger partial charge is 0.335 e. The van der Waals surface area contributed by atoms with Crippen LogP contribution >= 0.6 is 0 Å². The largest absolute Gasteiger partial charge is 0.495 e. The lowest BCUT2D eigenvalue weighted by molar-refractivity contribution is 0.0697. The average Bonchev–Trinajstić information content (AvgIpc) is 2.47. The molecule has 1 N–H and O–H groups in total. The molecule has 0 unspecified atom stereocenters. The third-order valence-electron chi connectivity index (χ3n) is 3.01. The number of nitrogens with zero attached hydrogens (tertiary/aromatic N) is 2. The van der Waals surface area contributed by atoms with Gasteiger partial charge in [0.2, 0.25) is 0 Å². The summed E-state index contributed by atoms with van der Waals surface area (Å²) in [5, 5.41) is 9.08. The molecule has 0 aliphatic heterocycles. The Morgan fingerprint density at radius 1 is 1.30 bits per heavy atom. The van der Waals surface area contributed by atoms with E-state index in [9.17, 15) is 4.79 Å². The average molecular weight is 272 g/mol. The van der Waals surface area contributed by atoms with Gasteiger partial charge in [0, 0.05) is 26.0 Å². The maximum Gasteiger partial charge on any atom is 0.335 e. The predicted molar refractivity (Wildman–Crippen MR) is 76.3 cm³/mol. The summed E-state index contributed by atoms with van der Waals surface area (Å²) in [4.78, 5) is 17.0. The number of aromatic carboxylic acids is 1. The molecule has 1 aromatic carbocycles. The molecule has 2 rings (SSSR count). The van der Waals surface area contributed by atoms with Gasteiger partial charge in [0.15, 0.2) is 0 Å². The van der Waals surface area contributed by atoms with E-state index in [1.54, 1.807) is 31.6 Å². The highest BCUT2D eigenvalue weighted by atomic mass is 16.5. The molecule has 1 aromatic heterocycles. The molecule has 0 amide bonds. The van der Waals surface area contributed by atoms with Gasteiger partial charge in [0.1, 0.15) is 5.75 Å². The van der Waals surface area contributed by atoms with Crippen LogP contribution < -0.4 is 9.64 Å². The van der Waals surface area contributed by atoms with Gasteiger partial charge in [-0.3, -0.25) is 4.98 Å². The van der Waals surface area contributed by atoms with E-state index in [0.29, 0.717) is 12.3 Å². The second kappa shape index (κ2) is 6.06. The number of ether oxygens (including phenoxy) is 1. The number of anilines is 1. The highest BCUT2D eigenvalue weighted by Crippen LogP contribution is 2.29. The molecular weight excluding hydrogens is 256 g/mol. The molecule has 5 heteroatoms. The zero-order valence-electron chi connectivity index (χ0n) is 11.4.